The highest BCUT2D eigenvalue weighted by Crippen LogP contribution is 2.16. The Morgan fingerprint density at radius 3 is 2.44 bits per heavy atom. The molecule has 2 N–H and O–H groups in total. The van der Waals surface area contributed by atoms with E-state index in [1.165, 1.54) is 6.26 Å². The van der Waals surface area contributed by atoms with Crippen molar-refractivity contribution in [1.29, 1.82) is 0 Å². The smallest absolute Gasteiger partial charge is 0.191 e. The molecular weight excluding hydrogens is 497 g/mol. The monoisotopic (exact) mass is 521 g/mol. The molecule has 0 atom stereocenters. The second-order valence-electron chi connectivity index (χ2n) is 6.10. The number of guanidine groups is 1. The Morgan fingerprint density at radius 1 is 1.11 bits per heavy atom. The second-order valence-corrected chi connectivity index (χ2v) is 8.53. The van der Waals surface area contributed by atoms with E-state index in [-0.39, 0.29) is 24.0 Å². The van der Waals surface area contributed by atoms with Gasteiger partial charge < -0.3 is 10.6 Å². The van der Waals surface area contributed by atoms with Gasteiger partial charge in [0.15, 0.2) is 15.8 Å². The number of nitrogens with zero attached hydrogens (tertiary/aromatic N) is 1. The summed E-state index contributed by atoms with van der Waals surface area (Å²) in [4.78, 5) is 4.57. The van der Waals surface area contributed by atoms with E-state index in [2.05, 4.69) is 15.6 Å². The van der Waals surface area contributed by atoms with Crippen LogP contribution in [0.1, 0.15) is 16.7 Å². The van der Waals surface area contributed by atoms with Crippen molar-refractivity contribution in [2.45, 2.75) is 24.8 Å². The molecule has 2 aromatic rings. The summed E-state index contributed by atoms with van der Waals surface area (Å²) in [5, 5.41) is 7.22. The molecule has 0 spiro atoms. The van der Waals surface area contributed by atoms with Crippen LogP contribution in [0.4, 0.5) is 0 Å². The Hall–Kier alpha value is -1.32. The molecule has 0 aliphatic rings. The van der Waals surface area contributed by atoms with E-state index in [0.717, 1.165) is 34.7 Å². The topological polar surface area (TPSA) is 70.6 Å². The van der Waals surface area contributed by atoms with Crippen molar-refractivity contribution in [2.24, 2.45) is 4.99 Å². The molecule has 0 amide bonds. The number of hydrogen-bond donors (Lipinski definition) is 2. The molecule has 0 bridgehead atoms. The highest BCUT2D eigenvalue weighted by Gasteiger charge is 2.10. The van der Waals surface area contributed by atoms with Gasteiger partial charge in [-0.25, -0.2) is 8.42 Å². The predicted molar refractivity (Wildman–Crippen MR) is 123 cm³/mol. The first-order valence-electron chi connectivity index (χ1n) is 8.28. The highest BCUT2D eigenvalue weighted by molar-refractivity contribution is 14.0. The van der Waals surface area contributed by atoms with Crippen LogP contribution in [-0.2, 0) is 22.8 Å². The van der Waals surface area contributed by atoms with E-state index < -0.39 is 9.84 Å². The van der Waals surface area contributed by atoms with Crippen molar-refractivity contribution < 1.29 is 8.42 Å². The summed E-state index contributed by atoms with van der Waals surface area (Å²) >= 11 is 5.99. The third-order valence-electron chi connectivity index (χ3n) is 3.92. The maximum absolute atomic E-state index is 11.7. The lowest BCUT2D eigenvalue weighted by atomic mass is 10.1. The van der Waals surface area contributed by atoms with Gasteiger partial charge in [-0.3, -0.25) is 4.99 Å². The lowest BCUT2D eigenvalue weighted by Gasteiger charge is -2.13. The van der Waals surface area contributed by atoms with Crippen molar-refractivity contribution in [3.63, 3.8) is 0 Å². The SMILES string of the molecule is CN=C(NCCc1cccc(Cl)c1)NCc1ccc(S(C)(=O)=O)c(C)c1.I. The van der Waals surface area contributed by atoms with Crippen LogP contribution >= 0.6 is 35.6 Å². The average molecular weight is 522 g/mol. The zero-order valence-electron chi connectivity index (χ0n) is 15.6. The summed E-state index contributed by atoms with van der Waals surface area (Å²) in [6.07, 6.45) is 2.06. The number of nitrogens with one attached hydrogen (secondary N) is 2. The number of aryl methyl sites for hydroxylation is 1. The van der Waals surface area contributed by atoms with Crippen molar-refractivity contribution in [3.05, 3.63) is 64.2 Å². The number of benzene rings is 2. The fourth-order valence-corrected chi connectivity index (χ4v) is 3.83. The molecule has 0 aromatic heterocycles. The first-order chi connectivity index (χ1) is 12.3. The Kier molecular flexibility index (Phi) is 9.55. The summed E-state index contributed by atoms with van der Waals surface area (Å²) in [7, 11) is -1.48. The minimum Gasteiger partial charge on any atom is -0.356 e. The molecule has 0 fully saturated rings. The summed E-state index contributed by atoms with van der Waals surface area (Å²) in [5.74, 6) is 0.692. The Balaban J connectivity index is 0.00000364. The third kappa shape index (κ3) is 7.67. The Labute approximate surface area is 183 Å². The van der Waals surface area contributed by atoms with Crippen LogP contribution < -0.4 is 10.6 Å². The lowest BCUT2D eigenvalue weighted by Crippen LogP contribution is -2.37. The molecule has 0 radical (unpaired) electrons. The number of rotatable bonds is 6. The minimum absolute atomic E-state index is 0. The summed E-state index contributed by atoms with van der Waals surface area (Å²) in [5.41, 5.74) is 2.90. The van der Waals surface area contributed by atoms with Gasteiger partial charge in [-0.2, -0.15) is 0 Å². The molecule has 8 heteroatoms. The van der Waals surface area contributed by atoms with Crippen LogP contribution in [0.15, 0.2) is 52.4 Å². The number of sulfone groups is 1. The van der Waals surface area contributed by atoms with Crippen molar-refractivity contribution in [3.8, 4) is 0 Å². The first-order valence-corrected chi connectivity index (χ1v) is 10.5. The van der Waals surface area contributed by atoms with E-state index in [9.17, 15) is 8.42 Å². The third-order valence-corrected chi connectivity index (χ3v) is 5.41. The molecule has 0 aliphatic carbocycles. The van der Waals surface area contributed by atoms with Gasteiger partial charge in [0.25, 0.3) is 0 Å². The molecule has 2 aromatic carbocycles. The molecule has 5 nitrogen and oxygen atoms in total. The second kappa shape index (κ2) is 10.9. The van der Waals surface area contributed by atoms with E-state index in [1.807, 2.05) is 36.4 Å². The minimum atomic E-state index is -3.19. The number of aliphatic imine (C=N–C) groups is 1. The lowest BCUT2D eigenvalue weighted by molar-refractivity contribution is 0.601. The van der Waals surface area contributed by atoms with Crippen LogP contribution in [0.5, 0.6) is 0 Å². The van der Waals surface area contributed by atoms with E-state index in [0.29, 0.717) is 17.4 Å². The van der Waals surface area contributed by atoms with E-state index in [4.69, 9.17) is 11.6 Å². The van der Waals surface area contributed by atoms with Crippen LogP contribution in [0.2, 0.25) is 5.02 Å². The molecule has 0 heterocycles. The van der Waals surface area contributed by atoms with Gasteiger partial charge in [0, 0.05) is 31.4 Å². The number of hydrogen-bond acceptors (Lipinski definition) is 3. The summed E-state index contributed by atoms with van der Waals surface area (Å²) in [6.45, 7) is 3.09. The average Bonchev–Trinajstić information content (AvgIpc) is 2.57. The molecular formula is C19H25ClIN3O2S. The predicted octanol–water partition coefficient (Wildman–Crippen LogP) is 3.58. The van der Waals surface area contributed by atoms with Gasteiger partial charge in [0.2, 0.25) is 0 Å². The van der Waals surface area contributed by atoms with Crippen molar-refractivity contribution >= 4 is 51.4 Å². The van der Waals surface area contributed by atoms with Crippen LogP contribution in [-0.4, -0.2) is 34.2 Å². The molecule has 27 heavy (non-hydrogen) atoms. The molecule has 0 unspecified atom stereocenters. The molecule has 0 aliphatic heterocycles. The normalized spacial score (nSPS) is 11.6. The zero-order chi connectivity index (χ0) is 19.2. The van der Waals surface area contributed by atoms with E-state index >= 15 is 0 Å². The highest BCUT2D eigenvalue weighted by atomic mass is 127. The van der Waals surface area contributed by atoms with Gasteiger partial charge in [-0.1, -0.05) is 35.9 Å². The molecule has 148 valence electrons. The standard InChI is InChI=1S/C19H24ClN3O2S.HI/c1-14-11-16(7-8-18(14)26(3,24)25)13-23-19(21-2)22-10-9-15-5-4-6-17(20)12-15;/h4-8,11-12H,9-10,13H2,1-3H3,(H2,21,22,23);1H. The van der Waals surface area contributed by atoms with Gasteiger partial charge in [0.05, 0.1) is 4.90 Å². The van der Waals surface area contributed by atoms with Crippen LogP contribution in [0, 0.1) is 6.92 Å². The van der Waals surface area contributed by atoms with Crippen LogP contribution in [0.3, 0.4) is 0 Å². The quantitative estimate of drug-likeness (QED) is 0.346. The van der Waals surface area contributed by atoms with Gasteiger partial charge >= 0.3 is 0 Å². The Bertz CT molecular complexity index is 902. The molecule has 0 saturated heterocycles. The van der Waals surface area contributed by atoms with E-state index in [1.54, 1.807) is 20.0 Å². The summed E-state index contributed by atoms with van der Waals surface area (Å²) < 4.78 is 23.4. The van der Waals surface area contributed by atoms with Gasteiger partial charge in [0.1, 0.15) is 0 Å². The largest absolute Gasteiger partial charge is 0.356 e. The first kappa shape index (κ1) is 23.7. The van der Waals surface area contributed by atoms with Crippen molar-refractivity contribution in [1.82, 2.24) is 10.6 Å². The maximum Gasteiger partial charge on any atom is 0.191 e. The van der Waals surface area contributed by atoms with Crippen molar-refractivity contribution in [2.75, 3.05) is 19.8 Å². The molecule has 0 saturated carbocycles. The zero-order valence-corrected chi connectivity index (χ0v) is 19.5. The molecule has 2 rings (SSSR count). The fraction of sp³-hybridized carbons (Fsp3) is 0.316. The fourth-order valence-electron chi connectivity index (χ4n) is 2.66. The Morgan fingerprint density at radius 2 is 1.85 bits per heavy atom. The summed E-state index contributed by atoms with van der Waals surface area (Å²) in [6, 6.07) is 13.1. The van der Waals surface area contributed by atoms with Gasteiger partial charge in [-0.15, -0.1) is 24.0 Å². The number of halogens is 2. The maximum atomic E-state index is 11.7. The van der Waals surface area contributed by atoms with Crippen LogP contribution in [0.25, 0.3) is 0 Å². The van der Waals surface area contributed by atoms with Gasteiger partial charge in [-0.05, 0) is 48.2 Å².